The van der Waals surface area contributed by atoms with Gasteiger partial charge in [0.25, 0.3) is 17.4 Å². The number of anilines is 1. The summed E-state index contributed by atoms with van der Waals surface area (Å²) in [6.45, 7) is 2.33. The summed E-state index contributed by atoms with van der Waals surface area (Å²) in [5.74, 6) is -0.710. The number of fused-ring (bicyclic) bond motifs is 1. The van der Waals surface area contributed by atoms with Gasteiger partial charge in [0.05, 0.1) is 23.4 Å². The van der Waals surface area contributed by atoms with Crippen molar-refractivity contribution in [2.45, 2.75) is 6.92 Å². The van der Waals surface area contributed by atoms with Gasteiger partial charge in [-0.25, -0.2) is 0 Å². The Kier molecular flexibility index (Phi) is 3.17. The van der Waals surface area contributed by atoms with E-state index in [9.17, 15) is 14.4 Å². The van der Waals surface area contributed by atoms with Crippen LogP contribution in [-0.4, -0.2) is 23.0 Å². The molecule has 0 atom stereocenters. The predicted molar refractivity (Wildman–Crippen MR) is 79.4 cm³/mol. The summed E-state index contributed by atoms with van der Waals surface area (Å²) in [6, 6.07) is 7.88. The topological polar surface area (TPSA) is 103 Å². The number of ether oxygens (including phenoxy) is 1. The lowest BCUT2D eigenvalue weighted by molar-refractivity contribution is 0.0880. The number of pyridine rings is 1. The van der Waals surface area contributed by atoms with Crippen LogP contribution in [0.4, 0.5) is 5.82 Å². The van der Waals surface area contributed by atoms with E-state index in [1.165, 1.54) is 4.57 Å². The molecule has 1 aromatic heterocycles. The minimum absolute atomic E-state index is 0.00436. The molecule has 7 heteroatoms. The molecule has 7 nitrogen and oxygen atoms in total. The Bertz CT molecular complexity index is 854. The van der Waals surface area contributed by atoms with Crippen molar-refractivity contribution in [2.75, 3.05) is 12.3 Å². The number of amides is 2. The average molecular weight is 299 g/mol. The first-order valence-corrected chi connectivity index (χ1v) is 6.67. The van der Waals surface area contributed by atoms with Crippen LogP contribution in [0.3, 0.4) is 0 Å². The van der Waals surface area contributed by atoms with Gasteiger partial charge in [0.1, 0.15) is 11.6 Å². The van der Waals surface area contributed by atoms with Gasteiger partial charge < -0.3 is 10.5 Å². The summed E-state index contributed by atoms with van der Waals surface area (Å²) in [5, 5.41) is 2.13. The molecule has 0 spiro atoms. The Labute approximate surface area is 125 Å². The third kappa shape index (κ3) is 2.03. The quantitative estimate of drug-likeness (QED) is 0.812. The van der Waals surface area contributed by atoms with Crippen LogP contribution < -0.4 is 21.3 Å². The molecule has 22 heavy (non-hydrogen) atoms. The molecular weight excluding hydrogens is 286 g/mol. The van der Waals surface area contributed by atoms with Gasteiger partial charge in [-0.1, -0.05) is 6.07 Å². The number of carbonyl (C=O) groups excluding carboxylic acids is 2. The SMILES string of the molecule is CCOc1cccc(-n2c(N)c3c(cc2=O)C(=O)NC3=O)c1. The Hall–Kier alpha value is -3.09. The maximum absolute atomic E-state index is 12.3. The molecule has 2 aromatic rings. The van der Waals surface area contributed by atoms with E-state index in [2.05, 4.69) is 5.32 Å². The number of carbonyl (C=O) groups is 2. The second-order valence-electron chi connectivity index (χ2n) is 4.71. The molecule has 0 saturated heterocycles. The highest BCUT2D eigenvalue weighted by Gasteiger charge is 2.31. The fourth-order valence-corrected chi connectivity index (χ4v) is 2.42. The van der Waals surface area contributed by atoms with Crippen molar-refractivity contribution >= 4 is 17.6 Å². The highest BCUT2D eigenvalue weighted by Crippen LogP contribution is 2.24. The normalized spacial score (nSPS) is 13.0. The van der Waals surface area contributed by atoms with Crippen LogP contribution in [0.25, 0.3) is 5.69 Å². The maximum atomic E-state index is 12.3. The Balaban J connectivity index is 2.23. The summed E-state index contributed by atoms with van der Waals surface area (Å²) in [7, 11) is 0. The van der Waals surface area contributed by atoms with Crippen LogP contribution in [0.15, 0.2) is 35.1 Å². The average Bonchev–Trinajstić information content (AvgIpc) is 2.74. The molecule has 0 radical (unpaired) electrons. The number of nitrogens with two attached hydrogens (primary N) is 1. The highest BCUT2D eigenvalue weighted by atomic mass is 16.5. The molecule has 112 valence electrons. The number of nitrogen functional groups attached to an aromatic ring is 1. The first-order valence-electron chi connectivity index (χ1n) is 6.67. The van der Waals surface area contributed by atoms with Gasteiger partial charge in [0.15, 0.2) is 0 Å². The van der Waals surface area contributed by atoms with Crippen LogP contribution in [0.2, 0.25) is 0 Å². The number of nitrogens with one attached hydrogen (secondary N) is 1. The number of imide groups is 1. The van der Waals surface area contributed by atoms with Crippen molar-refractivity contribution in [3.8, 4) is 11.4 Å². The largest absolute Gasteiger partial charge is 0.494 e. The van der Waals surface area contributed by atoms with E-state index in [0.29, 0.717) is 18.0 Å². The Morgan fingerprint density at radius 3 is 2.68 bits per heavy atom. The molecule has 3 N–H and O–H groups in total. The molecule has 0 saturated carbocycles. The Morgan fingerprint density at radius 2 is 1.95 bits per heavy atom. The number of benzene rings is 1. The molecule has 0 bridgehead atoms. The molecule has 1 aromatic carbocycles. The highest BCUT2D eigenvalue weighted by molar-refractivity contribution is 6.23. The summed E-state index contributed by atoms with van der Waals surface area (Å²) < 4.78 is 6.57. The van der Waals surface area contributed by atoms with Crippen molar-refractivity contribution in [1.82, 2.24) is 9.88 Å². The van der Waals surface area contributed by atoms with E-state index in [1.54, 1.807) is 24.3 Å². The molecule has 1 aliphatic heterocycles. The third-order valence-electron chi connectivity index (χ3n) is 3.34. The van der Waals surface area contributed by atoms with E-state index in [-0.39, 0.29) is 16.9 Å². The van der Waals surface area contributed by atoms with Crippen molar-refractivity contribution < 1.29 is 14.3 Å². The molecule has 0 aliphatic carbocycles. The fourth-order valence-electron chi connectivity index (χ4n) is 2.42. The monoisotopic (exact) mass is 299 g/mol. The Morgan fingerprint density at radius 1 is 1.18 bits per heavy atom. The number of hydrogen-bond acceptors (Lipinski definition) is 5. The van der Waals surface area contributed by atoms with Gasteiger partial charge in [-0.2, -0.15) is 0 Å². The van der Waals surface area contributed by atoms with Gasteiger partial charge in [-0.05, 0) is 19.1 Å². The van der Waals surface area contributed by atoms with Crippen molar-refractivity contribution in [3.63, 3.8) is 0 Å². The summed E-state index contributed by atoms with van der Waals surface area (Å²) in [5.41, 5.74) is 5.95. The lowest BCUT2D eigenvalue weighted by atomic mass is 10.1. The lowest BCUT2D eigenvalue weighted by Gasteiger charge is -2.13. The lowest BCUT2D eigenvalue weighted by Crippen LogP contribution is -2.24. The smallest absolute Gasteiger partial charge is 0.262 e. The van der Waals surface area contributed by atoms with Crippen LogP contribution in [-0.2, 0) is 0 Å². The summed E-state index contributed by atoms with van der Waals surface area (Å²) in [6.07, 6.45) is 0. The molecule has 2 amide bonds. The minimum atomic E-state index is -0.612. The standard InChI is InChI=1S/C15H13N3O4/c1-2-22-9-5-3-4-8(6-9)18-11(19)7-10-12(13(18)16)15(21)17-14(10)20/h3-7H,2,16H2,1H3,(H,17,20,21). The molecule has 3 rings (SSSR count). The summed E-state index contributed by atoms with van der Waals surface area (Å²) in [4.78, 5) is 35.7. The number of aromatic nitrogens is 1. The molecule has 1 aliphatic rings. The van der Waals surface area contributed by atoms with E-state index < -0.39 is 17.4 Å². The minimum Gasteiger partial charge on any atom is -0.494 e. The zero-order valence-corrected chi connectivity index (χ0v) is 11.8. The van der Waals surface area contributed by atoms with Crippen LogP contribution in [0.1, 0.15) is 27.6 Å². The van der Waals surface area contributed by atoms with Gasteiger partial charge in [-0.15, -0.1) is 0 Å². The maximum Gasteiger partial charge on any atom is 0.262 e. The van der Waals surface area contributed by atoms with Crippen molar-refractivity contribution in [2.24, 2.45) is 0 Å². The van der Waals surface area contributed by atoms with E-state index in [0.717, 1.165) is 6.07 Å². The molecular formula is C15H13N3O4. The number of rotatable bonds is 3. The third-order valence-corrected chi connectivity index (χ3v) is 3.34. The van der Waals surface area contributed by atoms with E-state index >= 15 is 0 Å². The second kappa shape index (κ2) is 5.03. The fraction of sp³-hybridized carbons (Fsp3) is 0.133. The number of hydrogen-bond donors (Lipinski definition) is 2. The zero-order chi connectivity index (χ0) is 15.9. The predicted octanol–water partition coefficient (Wildman–Crippen LogP) is 0.702. The zero-order valence-electron chi connectivity index (χ0n) is 11.8. The second-order valence-corrected chi connectivity index (χ2v) is 4.71. The van der Waals surface area contributed by atoms with Gasteiger partial charge in [-0.3, -0.25) is 24.3 Å². The van der Waals surface area contributed by atoms with Crippen LogP contribution >= 0.6 is 0 Å². The summed E-state index contributed by atoms with van der Waals surface area (Å²) >= 11 is 0. The van der Waals surface area contributed by atoms with Crippen molar-refractivity contribution in [3.05, 3.63) is 51.8 Å². The molecule has 0 fully saturated rings. The molecule has 2 heterocycles. The van der Waals surface area contributed by atoms with Gasteiger partial charge >= 0.3 is 0 Å². The molecule has 0 unspecified atom stereocenters. The van der Waals surface area contributed by atoms with Crippen LogP contribution in [0.5, 0.6) is 5.75 Å². The van der Waals surface area contributed by atoms with Crippen LogP contribution in [0, 0.1) is 0 Å². The van der Waals surface area contributed by atoms with Crippen molar-refractivity contribution in [1.29, 1.82) is 0 Å². The first-order chi connectivity index (χ1) is 10.5. The van der Waals surface area contributed by atoms with Gasteiger partial charge in [0, 0.05) is 12.1 Å². The van der Waals surface area contributed by atoms with E-state index in [1.807, 2.05) is 6.92 Å². The van der Waals surface area contributed by atoms with Gasteiger partial charge in [0.2, 0.25) is 0 Å². The van der Waals surface area contributed by atoms with E-state index in [4.69, 9.17) is 10.5 Å². The number of nitrogens with zero attached hydrogens (tertiary/aromatic N) is 1. The first kappa shape index (κ1) is 13.9.